The summed E-state index contributed by atoms with van der Waals surface area (Å²) in [6, 6.07) is 7.71. The van der Waals surface area contributed by atoms with Crippen LogP contribution in [0.25, 0.3) is 0 Å². The molecule has 0 aliphatic carbocycles. The topological polar surface area (TPSA) is 72.2 Å². The van der Waals surface area contributed by atoms with E-state index in [2.05, 4.69) is 20.7 Å². The van der Waals surface area contributed by atoms with Crippen molar-refractivity contribution in [3.63, 3.8) is 0 Å². The quantitative estimate of drug-likeness (QED) is 0.800. The van der Waals surface area contributed by atoms with Crippen molar-refractivity contribution in [3.8, 4) is 0 Å². The van der Waals surface area contributed by atoms with Gasteiger partial charge in [0.05, 0.1) is 15.6 Å². The molecule has 0 heterocycles. The zero-order valence-corrected chi connectivity index (χ0v) is 13.1. The summed E-state index contributed by atoms with van der Waals surface area (Å²) < 4.78 is 40.4. The smallest absolute Gasteiger partial charge is 0.262 e. The zero-order chi connectivity index (χ0) is 14.9. The minimum absolute atomic E-state index is 0.0457. The van der Waals surface area contributed by atoms with Crippen LogP contribution < -0.4 is 10.5 Å². The number of rotatable bonds is 3. The number of hydrogen-bond acceptors (Lipinski definition) is 3. The van der Waals surface area contributed by atoms with Gasteiger partial charge < -0.3 is 5.73 Å². The maximum Gasteiger partial charge on any atom is 0.262 e. The molecule has 8 heteroatoms. The molecule has 0 atom stereocenters. The van der Waals surface area contributed by atoms with E-state index in [0.29, 0.717) is 9.50 Å². The van der Waals surface area contributed by atoms with E-state index in [9.17, 15) is 12.8 Å². The van der Waals surface area contributed by atoms with E-state index in [0.717, 1.165) is 6.07 Å². The molecule has 20 heavy (non-hydrogen) atoms. The molecule has 0 saturated carbocycles. The van der Waals surface area contributed by atoms with Crippen molar-refractivity contribution in [2.45, 2.75) is 4.90 Å². The van der Waals surface area contributed by atoms with Crippen LogP contribution in [0.15, 0.2) is 45.8 Å². The normalized spacial score (nSPS) is 11.3. The third-order valence-electron chi connectivity index (χ3n) is 2.44. The van der Waals surface area contributed by atoms with E-state index in [1.165, 1.54) is 30.3 Å². The molecule has 0 radical (unpaired) electrons. The van der Waals surface area contributed by atoms with Crippen LogP contribution in [0.5, 0.6) is 0 Å². The number of anilines is 2. The Morgan fingerprint density at radius 3 is 2.55 bits per heavy atom. The highest BCUT2D eigenvalue weighted by molar-refractivity contribution is 9.10. The average Bonchev–Trinajstić information content (AvgIpc) is 2.36. The van der Waals surface area contributed by atoms with Crippen LogP contribution in [-0.4, -0.2) is 8.42 Å². The summed E-state index contributed by atoms with van der Waals surface area (Å²) in [5.74, 6) is -0.712. The van der Waals surface area contributed by atoms with Gasteiger partial charge in [0.25, 0.3) is 10.0 Å². The highest BCUT2D eigenvalue weighted by Gasteiger charge is 2.17. The Bertz CT molecular complexity index is 768. The Kier molecular flexibility index (Phi) is 4.22. The van der Waals surface area contributed by atoms with Gasteiger partial charge in [-0.1, -0.05) is 11.6 Å². The van der Waals surface area contributed by atoms with Gasteiger partial charge in [0.15, 0.2) is 0 Å². The Morgan fingerprint density at radius 2 is 1.90 bits per heavy atom. The maximum atomic E-state index is 13.5. The molecular formula is C12H9BrClFN2O2S. The second-order valence-electron chi connectivity index (χ2n) is 3.92. The molecule has 3 N–H and O–H groups in total. The molecule has 0 aliphatic heterocycles. The lowest BCUT2D eigenvalue weighted by molar-refractivity contribution is 0.598. The van der Waals surface area contributed by atoms with Gasteiger partial charge in [-0.2, -0.15) is 0 Å². The van der Waals surface area contributed by atoms with Gasteiger partial charge in [-0.15, -0.1) is 0 Å². The van der Waals surface area contributed by atoms with Gasteiger partial charge in [-0.05, 0) is 52.3 Å². The summed E-state index contributed by atoms with van der Waals surface area (Å²) in [7, 11) is -3.93. The Labute approximate surface area is 128 Å². The average molecular weight is 380 g/mol. The van der Waals surface area contributed by atoms with Crippen LogP contribution in [0.1, 0.15) is 0 Å². The van der Waals surface area contributed by atoms with Crippen LogP contribution >= 0.6 is 27.5 Å². The lowest BCUT2D eigenvalue weighted by Gasteiger charge is -2.10. The molecule has 0 fully saturated rings. The van der Waals surface area contributed by atoms with Crippen LogP contribution in [0.2, 0.25) is 5.02 Å². The van der Waals surface area contributed by atoms with Crippen molar-refractivity contribution >= 4 is 48.9 Å². The van der Waals surface area contributed by atoms with Gasteiger partial charge >= 0.3 is 0 Å². The van der Waals surface area contributed by atoms with E-state index in [-0.39, 0.29) is 16.3 Å². The molecule has 106 valence electrons. The summed E-state index contributed by atoms with van der Waals surface area (Å²) in [5, 5.41) is 0.374. The van der Waals surface area contributed by atoms with Crippen molar-refractivity contribution < 1.29 is 12.8 Å². The number of halogens is 3. The second-order valence-corrected chi connectivity index (χ2v) is 6.86. The summed E-state index contributed by atoms with van der Waals surface area (Å²) in [6.45, 7) is 0. The summed E-state index contributed by atoms with van der Waals surface area (Å²) >= 11 is 8.93. The first kappa shape index (κ1) is 15.1. The largest absolute Gasteiger partial charge is 0.399 e. The first-order valence-electron chi connectivity index (χ1n) is 5.32. The fraction of sp³-hybridized carbons (Fsp3) is 0. The predicted molar refractivity (Wildman–Crippen MR) is 80.8 cm³/mol. The van der Waals surface area contributed by atoms with Crippen molar-refractivity contribution in [2.24, 2.45) is 0 Å². The molecule has 0 spiro atoms. The molecule has 0 bridgehead atoms. The molecule has 0 unspecified atom stereocenters. The lowest BCUT2D eigenvalue weighted by Crippen LogP contribution is -2.14. The summed E-state index contributed by atoms with van der Waals surface area (Å²) in [6.07, 6.45) is 0. The van der Waals surface area contributed by atoms with Gasteiger partial charge in [-0.25, -0.2) is 12.8 Å². The van der Waals surface area contributed by atoms with Crippen molar-refractivity contribution in [2.75, 3.05) is 10.5 Å². The summed E-state index contributed by atoms with van der Waals surface area (Å²) in [5.41, 5.74) is 5.54. The first-order valence-corrected chi connectivity index (χ1v) is 7.98. The number of hydrogen-bond donors (Lipinski definition) is 2. The van der Waals surface area contributed by atoms with Gasteiger partial charge in [0, 0.05) is 10.2 Å². The molecule has 0 aromatic heterocycles. The fourth-order valence-electron chi connectivity index (χ4n) is 1.47. The number of nitrogen functional groups attached to an aromatic ring is 1. The maximum absolute atomic E-state index is 13.5. The highest BCUT2D eigenvalue weighted by Crippen LogP contribution is 2.27. The monoisotopic (exact) mass is 378 g/mol. The molecule has 0 amide bonds. The summed E-state index contributed by atoms with van der Waals surface area (Å²) in [4.78, 5) is -0.0457. The zero-order valence-electron chi connectivity index (χ0n) is 9.90. The molecule has 0 aliphatic rings. The third-order valence-corrected chi connectivity index (χ3v) is 5.01. The van der Waals surface area contributed by atoms with Crippen LogP contribution in [0.4, 0.5) is 15.8 Å². The Balaban J connectivity index is 2.40. The number of nitrogens with one attached hydrogen (secondary N) is 1. The standard InChI is InChI=1S/C12H9BrClFN2O2S/c13-9-6-8(2-3-10(9)14)20(18,19)17-12-5-7(16)1-4-11(12)15/h1-6,17H,16H2. The van der Waals surface area contributed by atoms with Crippen LogP contribution in [0, 0.1) is 5.82 Å². The molecule has 0 saturated heterocycles. The third kappa shape index (κ3) is 3.23. The van der Waals surface area contributed by atoms with Gasteiger partial charge in [0.2, 0.25) is 0 Å². The van der Waals surface area contributed by atoms with Crippen molar-refractivity contribution in [1.29, 1.82) is 0 Å². The first-order chi connectivity index (χ1) is 9.29. The van der Waals surface area contributed by atoms with Crippen LogP contribution in [-0.2, 0) is 10.0 Å². The Morgan fingerprint density at radius 1 is 1.20 bits per heavy atom. The van der Waals surface area contributed by atoms with E-state index in [1.807, 2.05) is 0 Å². The minimum Gasteiger partial charge on any atom is -0.399 e. The van der Waals surface area contributed by atoms with Crippen molar-refractivity contribution in [1.82, 2.24) is 0 Å². The molecule has 2 rings (SSSR count). The van der Waals surface area contributed by atoms with E-state index < -0.39 is 15.8 Å². The highest BCUT2D eigenvalue weighted by atomic mass is 79.9. The van der Waals surface area contributed by atoms with Gasteiger partial charge in [0.1, 0.15) is 5.82 Å². The van der Waals surface area contributed by atoms with Gasteiger partial charge in [-0.3, -0.25) is 4.72 Å². The lowest BCUT2D eigenvalue weighted by atomic mass is 10.3. The van der Waals surface area contributed by atoms with Crippen LogP contribution in [0.3, 0.4) is 0 Å². The fourth-order valence-corrected chi connectivity index (χ4v) is 3.20. The van der Waals surface area contributed by atoms with E-state index >= 15 is 0 Å². The molecule has 2 aromatic rings. The van der Waals surface area contributed by atoms with Crippen molar-refractivity contribution in [3.05, 3.63) is 51.7 Å². The molecular weight excluding hydrogens is 371 g/mol. The number of sulfonamides is 1. The SMILES string of the molecule is Nc1ccc(F)c(NS(=O)(=O)c2ccc(Cl)c(Br)c2)c1. The van der Waals surface area contributed by atoms with E-state index in [4.69, 9.17) is 17.3 Å². The Hall–Kier alpha value is -1.31. The molecule has 2 aromatic carbocycles. The van der Waals surface area contributed by atoms with E-state index in [1.54, 1.807) is 0 Å². The minimum atomic E-state index is -3.93. The predicted octanol–water partition coefficient (Wildman–Crippen LogP) is 3.62. The number of nitrogens with two attached hydrogens (primary N) is 1. The number of benzene rings is 2. The second kappa shape index (κ2) is 5.59. The molecule has 4 nitrogen and oxygen atoms in total.